The smallest absolute Gasteiger partial charge is 0.171 e. The minimum absolute atomic E-state index is 0.549. The van der Waals surface area contributed by atoms with Gasteiger partial charge in [-0.15, -0.1) is 0 Å². The lowest BCUT2D eigenvalue weighted by atomic mass is 10.0. The lowest BCUT2D eigenvalue weighted by Gasteiger charge is -2.05. The van der Waals surface area contributed by atoms with Crippen molar-refractivity contribution in [2.24, 2.45) is 0 Å². The molecule has 0 radical (unpaired) electrons. The second-order valence-electron chi connectivity index (χ2n) is 8.68. The molecule has 0 aliphatic carbocycles. The van der Waals surface area contributed by atoms with Crippen LogP contribution in [0, 0.1) is 0 Å². The maximum absolute atomic E-state index is 5.87. The molecule has 8 nitrogen and oxygen atoms in total. The molecule has 0 saturated carbocycles. The fourth-order valence-electron chi connectivity index (χ4n) is 4.89. The van der Waals surface area contributed by atoms with E-state index < -0.39 is 0 Å². The quantitative estimate of drug-likeness (QED) is 0.283. The molecule has 4 aromatic rings. The van der Waals surface area contributed by atoms with Crippen LogP contribution in [0.3, 0.4) is 0 Å². The summed E-state index contributed by atoms with van der Waals surface area (Å²) in [6.07, 6.45) is 7.74. The summed E-state index contributed by atoms with van der Waals surface area (Å²) >= 11 is 0. The van der Waals surface area contributed by atoms with Crippen LogP contribution >= 0.6 is 0 Å². The molecule has 0 fully saturated rings. The number of aromatic nitrogens is 4. The highest BCUT2D eigenvalue weighted by atomic mass is 16.5. The molecule has 0 atom stereocenters. The Labute approximate surface area is 219 Å². The second-order valence-corrected chi connectivity index (χ2v) is 8.68. The Kier molecular flexibility index (Phi) is 5.84. The van der Waals surface area contributed by atoms with Crippen LogP contribution in [0.2, 0.25) is 0 Å². The van der Waals surface area contributed by atoms with Gasteiger partial charge in [0.1, 0.15) is 28.3 Å². The Bertz CT molecular complexity index is 1760. The van der Waals surface area contributed by atoms with E-state index in [9.17, 15) is 0 Å². The molecule has 2 N–H and O–H groups in total. The third-order valence-electron chi connectivity index (χ3n) is 6.58. The van der Waals surface area contributed by atoms with E-state index >= 15 is 0 Å². The van der Waals surface area contributed by atoms with E-state index in [0.717, 1.165) is 33.4 Å². The largest absolute Gasteiger partial charge is 0.494 e. The molecule has 3 aromatic heterocycles. The number of benzene rings is 1. The monoisotopic (exact) mass is 506 g/mol. The third kappa shape index (κ3) is 3.78. The Hall–Kier alpha value is -4.98. The van der Waals surface area contributed by atoms with Crippen LogP contribution in [0.5, 0.6) is 23.0 Å². The zero-order chi connectivity index (χ0) is 26.2. The number of hydrogen-bond donors (Lipinski definition) is 2. The number of fused-ring (bicyclic) bond motifs is 8. The highest BCUT2D eigenvalue weighted by Gasteiger charge is 2.19. The zero-order valence-electron chi connectivity index (χ0n) is 21.5. The number of aromatic amines is 2. The van der Waals surface area contributed by atoms with Gasteiger partial charge in [-0.1, -0.05) is 30.3 Å². The van der Waals surface area contributed by atoms with Gasteiger partial charge in [0.15, 0.2) is 17.2 Å². The van der Waals surface area contributed by atoms with Crippen molar-refractivity contribution in [3.8, 4) is 34.1 Å². The third-order valence-corrected chi connectivity index (χ3v) is 6.58. The standard InChI is InChI=1S/C30H26N4O4/c1-35-25-16-24-26(17-8-6-5-7-9-17)18-10-11-19(31-18)28(36-2)20-12-13-21(32-20)29(37-3)22-14-15-23(33-22)30(38-4)27(25)34-24/h5-16,32,34H,1-4H3. The Morgan fingerprint density at radius 1 is 0.553 bits per heavy atom. The fourth-order valence-corrected chi connectivity index (χ4v) is 4.89. The maximum Gasteiger partial charge on any atom is 0.171 e. The average Bonchev–Trinajstić information content (AvgIpc) is 3.75. The molecule has 0 amide bonds. The molecule has 0 unspecified atom stereocenters. The van der Waals surface area contributed by atoms with Crippen LogP contribution in [-0.4, -0.2) is 48.4 Å². The molecule has 38 heavy (non-hydrogen) atoms. The number of H-pyrrole nitrogens is 2. The molecule has 6 rings (SSSR count). The highest BCUT2D eigenvalue weighted by molar-refractivity contribution is 5.94. The molecule has 190 valence electrons. The summed E-state index contributed by atoms with van der Waals surface area (Å²) in [4.78, 5) is 16.8. The summed E-state index contributed by atoms with van der Waals surface area (Å²) in [6.45, 7) is 0. The van der Waals surface area contributed by atoms with E-state index in [0.29, 0.717) is 45.6 Å². The van der Waals surface area contributed by atoms with Gasteiger partial charge in [-0.25, -0.2) is 9.97 Å². The summed E-state index contributed by atoms with van der Waals surface area (Å²) in [5.74, 6) is 2.39. The van der Waals surface area contributed by atoms with Crippen LogP contribution < -0.4 is 18.9 Å². The Morgan fingerprint density at radius 2 is 1.11 bits per heavy atom. The predicted molar refractivity (Wildman–Crippen MR) is 151 cm³/mol. The minimum Gasteiger partial charge on any atom is -0.494 e. The number of hydrogen-bond acceptors (Lipinski definition) is 6. The topological polar surface area (TPSA) is 94.3 Å². The van der Waals surface area contributed by atoms with E-state index in [1.807, 2.05) is 60.7 Å². The molecule has 0 saturated heterocycles. The van der Waals surface area contributed by atoms with Crippen LogP contribution in [0.15, 0.2) is 48.5 Å². The molecular formula is C30H26N4O4. The van der Waals surface area contributed by atoms with Gasteiger partial charge < -0.3 is 28.9 Å². The number of methoxy groups -OCH3 is 4. The Balaban J connectivity index is 1.85. The average molecular weight is 507 g/mol. The molecule has 5 heterocycles. The lowest BCUT2D eigenvalue weighted by molar-refractivity contribution is 0.403. The van der Waals surface area contributed by atoms with Crippen molar-refractivity contribution in [2.75, 3.05) is 28.4 Å². The first-order chi connectivity index (χ1) is 18.6. The van der Waals surface area contributed by atoms with Gasteiger partial charge >= 0.3 is 0 Å². The first-order valence-corrected chi connectivity index (χ1v) is 12.1. The summed E-state index contributed by atoms with van der Waals surface area (Å²) in [5, 5.41) is 0. The molecule has 2 aliphatic heterocycles. The van der Waals surface area contributed by atoms with Crippen molar-refractivity contribution in [1.29, 1.82) is 0 Å². The lowest BCUT2D eigenvalue weighted by Crippen LogP contribution is -1.91. The first kappa shape index (κ1) is 23.4. The Morgan fingerprint density at radius 3 is 1.68 bits per heavy atom. The van der Waals surface area contributed by atoms with Crippen molar-refractivity contribution in [3.63, 3.8) is 0 Å². The number of ether oxygens (including phenoxy) is 4. The minimum atomic E-state index is 0.549. The van der Waals surface area contributed by atoms with Gasteiger partial charge in [0.05, 0.1) is 50.7 Å². The number of nitrogens with zero attached hydrogens (tertiary/aromatic N) is 2. The van der Waals surface area contributed by atoms with Gasteiger partial charge in [-0.3, -0.25) is 0 Å². The molecule has 8 bridgehead atoms. The molecule has 2 aliphatic rings. The van der Waals surface area contributed by atoms with Crippen LogP contribution in [0.1, 0.15) is 22.8 Å². The van der Waals surface area contributed by atoms with Gasteiger partial charge in [-0.2, -0.15) is 0 Å². The van der Waals surface area contributed by atoms with E-state index in [-0.39, 0.29) is 0 Å². The van der Waals surface area contributed by atoms with Gasteiger partial charge in [0.25, 0.3) is 0 Å². The second kappa shape index (κ2) is 9.48. The van der Waals surface area contributed by atoms with Gasteiger partial charge in [0.2, 0.25) is 0 Å². The van der Waals surface area contributed by atoms with E-state index in [1.54, 1.807) is 28.4 Å². The molecular weight excluding hydrogens is 480 g/mol. The van der Waals surface area contributed by atoms with Crippen LogP contribution in [-0.2, 0) is 0 Å². The van der Waals surface area contributed by atoms with Gasteiger partial charge in [-0.05, 0) is 42.0 Å². The molecule has 1 aromatic carbocycles. The highest BCUT2D eigenvalue weighted by Crippen LogP contribution is 2.39. The summed E-state index contributed by atoms with van der Waals surface area (Å²) in [7, 11) is 6.52. The van der Waals surface area contributed by atoms with E-state index in [2.05, 4.69) is 22.1 Å². The van der Waals surface area contributed by atoms with Crippen molar-refractivity contribution < 1.29 is 18.9 Å². The summed E-state index contributed by atoms with van der Waals surface area (Å²) < 4.78 is 23.2. The predicted octanol–water partition coefficient (Wildman–Crippen LogP) is 6.36. The molecule has 8 heteroatoms. The SMILES string of the molecule is COc1c2nc(c(-c3ccccc3)c3cc(OC)c([nH]3)c(OC)c3nc(c(OC)c4ccc1[nH]4)C=C3)C=C2. The summed E-state index contributed by atoms with van der Waals surface area (Å²) in [6, 6.07) is 16.0. The van der Waals surface area contributed by atoms with Crippen LogP contribution in [0.4, 0.5) is 0 Å². The van der Waals surface area contributed by atoms with E-state index in [1.165, 1.54) is 0 Å². The van der Waals surface area contributed by atoms with Crippen molar-refractivity contribution in [2.45, 2.75) is 0 Å². The fraction of sp³-hybridized carbons (Fsp3) is 0.133. The normalized spacial score (nSPS) is 12.0. The number of rotatable bonds is 5. The maximum atomic E-state index is 5.87. The zero-order valence-corrected chi connectivity index (χ0v) is 21.5. The van der Waals surface area contributed by atoms with Crippen molar-refractivity contribution >= 4 is 46.4 Å². The van der Waals surface area contributed by atoms with Crippen LogP contribution in [0.25, 0.3) is 57.5 Å². The van der Waals surface area contributed by atoms with Crippen molar-refractivity contribution in [3.05, 3.63) is 71.3 Å². The van der Waals surface area contributed by atoms with Gasteiger partial charge in [0, 0.05) is 11.6 Å². The molecule has 0 spiro atoms. The van der Waals surface area contributed by atoms with E-state index in [4.69, 9.17) is 28.9 Å². The number of nitrogens with one attached hydrogen (secondary N) is 2. The van der Waals surface area contributed by atoms with Crippen molar-refractivity contribution in [1.82, 2.24) is 19.9 Å². The first-order valence-electron chi connectivity index (χ1n) is 12.1. The summed E-state index contributed by atoms with van der Waals surface area (Å²) in [5.41, 5.74) is 7.73.